The van der Waals surface area contributed by atoms with Gasteiger partial charge in [0.1, 0.15) is 5.69 Å². The highest BCUT2D eigenvalue weighted by Gasteiger charge is 2.19. The smallest absolute Gasteiger partial charge is 0.199 e. The summed E-state index contributed by atoms with van der Waals surface area (Å²) < 4.78 is 25.7. The molecular formula is C14H10ClN3O2S. The lowest BCUT2D eigenvalue weighted by atomic mass is 10.2. The van der Waals surface area contributed by atoms with E-state index in [9.17, 15) is 8.42 Å². The van der Waals surface area contributed by atoms with E-state index in [0.29, 0.717) is 10.7 Å². The molecule has 0 fully saturated rings. The van der Waals surface area contributed by atoms with Gasteiger partial charge in [0.2, 0.25) is 0 Å². The fraction of sp³-hybridized carbons (Fsp3) is 0. The molecule has 1 heterocycles. The van der Waals surface area contributed by atoms with Crippen molar-refractivity contribution >= 4 is 21.6 Å². The maximum Gasteiger partial charge on any atom is 0.284 e. The first-order valence-electron chi connectivity index (χ1n) is 6.06. The molecule has 21 heavy (non-hydrogen) atoms. The molecule has 0 spiro atoms. The maximum atomic E-state index is 12.4. The molecule has 106 valence electrons. The molecule has 0 saturated carbocycles. The van der Waals surface area contributed by atoms with Crippen LogP contribution in [0.1, 0.15) is 0 Å². The summed E-state index contributed by atoms with van der Waals surface area (Å²) in [6.45, 7) is 0. The van der Waals surface area contributed by atoms with E-state index in [1.807, 2.05) is 30.3 Å². The number of rotatable bonds is 3. The zero-order valence-corrected chi connectivity index (χ0v) is 12.3. The Bertz CT molecular complexity index is 859. The quantitative estimate of drug-likeness (QED) is 0.744. The Labute approximate surface area is 126 Å². The summed E-state index contributed by atoms with van der Waals surface area (Å²) in [5.74, 6) is 0. The van der Waals surface area contributed by atoms with Gasteiger partial charge in [-0.25, -0.2) is 0 Å². The normalized spacial score (nSPS) is 11.5. The van der Waals surface area contributed by atoms with Crippen LogP contribution in [0.4, 0.5) is 0 Å². The monoisotopic (exact) mass is 319 g/mol. The van der Waals surface area contributed by atoms with E-state index in [-0.39, 0.29) is 4.90 Å². The van der Waals surface area contributed by atoms with Gasteiger partial charge >= 0.3 is 0 Å². The Kier molecular flexibility index (Phi) is 3.48. The third-order valence-electron chi connectivity index (χ3n) is 2.90. The standard InChI is InChI=1S/C14H10ClN3O2S/c15-12-6-8-13(9-7-12)21(19,20)18-10-14(16-17-18)11-4-2-1-3-5-11/h1-10H. The zero-order chi connectivity index (χ0) is 14.9. The third-order valence-corrected chi connectivity index (χ3v) is 4.69. The molecule has 2 aromatic carbocycles. The van der Waals surface area contributed by atoms with Crippen molar-refractivity contribution in [2.45, 2.75) is 4.90 Å². The molecule has 1 aromatic heterocycles. The molecule has 0 aliphatic rings. The number of hydrogen-bond donors (Lipinski definition) is 0. The Morgan fingerprint density at radius 3 is 2.29 bits per heavy atom. The van der Waals surface area contributed by atoms with Crippen LogP contribution in [0.5, 0.6) is 0 Å². The maximum absolute atomic E-state index is 12.4. The van der Waals surface area contributed by atoms with Gasteiger partial charge in [0, 0.05) is 10.6 Å². The van der Waals surface area contributed by atoms with E-state index in [1.165, 1.54) is 30.5 Å². The van der Waals surface area contributed by atoms with Crippen LogP contribution in [0.25, 0.3) is 11.3 Å². The highest BCUT2D eigenvalue weighted by atomic mass is 35.5. The molecule has 0 amide bonds. The molecule has 0 aliphatic heterocycles. The van der Waals surface area contributed by atoms with E-state index in [2.05, 4.69) is 10.3 Å². The topological polar surface area (TPSA) is 64.8 Å². The Hall–Kier alpha value is -2.18. The van der Waals surface area contributed by atoms with Crippen LogP contribution in [0, 0.1) is 0 Å². The lowest BCUT2D eigenvalue weighted by Gasteiger charge is -2.02. The summed E-state index contributed by atoms with van der Waals surface area (Å²) in [7, 11) is -3.76. The summed E-state index contributed by atoms with van der Waals surface area (Å²) in [4.78, 5) is 0.108. The van der Waals surface area contributed by atoms with Crippen molar-refractivity contribution in [3.63, 3.8) is 0 Å². The molecule has 0 atom stereocenters. The molecular weight excluding hydrogens is 310 g/mol. The van der Waals surface area contributed by atoms with Crippen molar-refractivity contribution < 1.29 is 8.42 Å². The van der Waals surface area contributed by atoms with Crippen molar-refractivity contribution in [3.05, 3.63) is 65.8 Å². The van der Waals surface area contributed by atoms with E-state index in [1.54, 1.807) is 0 Å². The molecule has 0 bridgehead atoms. The third kappa shape index (κ3) is 2.68. The summed E-state index contributed by atoms with van der Waals surface area (Å²) in [5, 5.41) is 8.08. The van der Waals surface area contributed by atoms with E-state index in [0.717, 1.165) is 9.65 Å². The summed E-state index contributed by atoms with van der Waals surface area (Å²) in [5.41, 5.74) is 1.29. The predicted octanol–water partition coefficient (Wildman–Crippen LogP) is 2.84. The second-order valence-corrected chi connectivity index (χ2v) is 6.53. The van der Waals surface area contributed by atoms with Crippen LogP contribution in [0.15, 0.2) is 65.7 Å². The van der Waals surface area contributed by atoms with Gasteiger partial charge in [0.05, 0.1) is 11.1 Å². The summed E-state index contributed by atoms with van der Waals surface area (Å²) in [6, 6.07) is 15.1. The van der Waals surface area contributed by atoms with Crippen molar-refractivity contribution in [3.8, 4) is 11.3 Å². The molecule has 0 N–H and O–H groups in total. The number of hydrogen-bond acceptors (Lipinski definition) is 4. The predicted molar refractivity (Wildman–Crippen MR) is 79.5 cm³/mol. The SMILES string of the molecule is O=S(=O)(c1ccc(Cl)cc1)n1cc(-c2ccccc2)nn1. The second-order valence-electron chi connectivity index (χ2n) is 4.30. The lowest BCUT2D eigenvalue weighted by Crippen LogP contribution is -2.13. The Morgan fingerprint density at radius 2 is 1.62 bits per heavy atom. The molecule has 0 radical (unpaired) electrons. The lowest BCUT2D eigenvalue weighted by molar-refractivity contribution is 0.577. The zero-order valence-electron chi connectivity index (χ0n) is 10.7. The fourth-order valence-corrected chi connectivity index (χ4v) is 3.01. The van der Waals surface area contributed by atoms with E-state index >= 15 is 0 Å². The van der Waals surface area contributed by atoms with Crippen molar-refractivity contribution in [1.29, 1.82) is 0 Å². The average Bonchev–Trinajstić information content (AvgIpc) is 2.99. The van der Waals surface area contributed by atoms with E-state index in [4.69, 9.17) is 11.6 Å². The van der Waals surface area contributed by atoms with Crippen molar-refractivity contribution in [1.82, 2.24) is 14.4 Å². The summed E-state index contributed by atoms with van der Waals surface area (Å²) in [6.07, 6.45) is 1.39. The largest absolute Gasteiger partial charge is 0.284 e. The Balaban J connectivity index is 2.01. The van der Waals surface area contributed by atoms with Gasteiger partial charge in [0.15, 0.2) is 0 Å². The minimum Gasteiger partial charge on any atom is -0.199 e. The van der Waals surface area contributed by atoms with Crippen molar-refractivity contribution in [2.75, 3.05) is 0 Å². The number of halogens is 1. The van der Waals surface area contributed by atoms with Gasteiger partial charge in [-0.3, -0.25) is 0 Å². The van der Waals surface area contributed by atoms with Gasteiger partial charge in [0.25, 0.3) is 10.0 Å². The van der Waals surface area contributed by atoms with Crippen LogP contribution in [-0.4, -0.2) is 22.8 Å². The number of nitrogens with zero attached hydrogens (tertiary/aromatic N) is 3. The first-order chi connectivity index (χ1) is 10.1. The Morgan fingerprint density at radius 1 is 0.952 bits per heavy atom. The van der Waals surface area contributed by atoms with Crippen LogP contribution in [0.2, 0.25) is 5.02 Å². The summed E-state index contributed by atoms with van der Waals surface area (Å²) >= 11 is 5.76. The molecule has 0 saturated heterocycles. The van der Waals surface area contributed by atoms with Crippen LogP contribution in [0.3, 0.4) is 0 Å². The van der Waals surface area contributed by atoms with Gasteiger partial charge in [-0.1, -0.05) is 47.1 Å². The van der Waals surface area contributed by atoms with E-state index < -0.39 is 10.0 Å². The van der Waals surface area contributed by atoms with Crippen LogP contribution < -0.4 is 0 Å². The number of aromatic nitrogens is 3. The molecule has 7 heteroatoms. The van der Waals surface area contributed by atoms with Gasteiger partial charge < -0.3 is 0 Å². The van der Waals surface area contributed by atoms with Gasteiger partial charge in [-0.05, 0) is 24.3 Å². The number of benzene rings is 2. The second kappa shape index (κ2) is 5.31. The molecule has 5 nitrogen and oxygen atoms in total. The first-order valence-corrected chi connectivity index (χ1v) is 7.88. The highest BCUT2D eigenvalue weighted by Crippen LogP contribution is 2.19. The van der Waals surface area contributed by atoms with Crippen LogP contribution in [-0.2, 0) is 10.0 Å². The molecule has 3 rings (SSSR count). The minimum absolute atomic E-state index is 0.108. The van der Waals surface area contributed by atoms with Gasteiger partial charge in [-0.15, -0.1) is 9.19 Å². The highest BCUT2D eigenvalue weighted by molar-refractivity contribution is 7.89. The van der Waals surface area contributed by atoms with Crippen molar-refractivity contribution in [2.24, 2.45) is 0 Å². The fourth-order valence-electron chi connectivity index (χ4n) is 1.82. The van der Waals surface area contributed by atoms with Gasteiger partial charge in [-0.2, -0.15) is 8.42 Å². The average molecular weight is 320 g/mol. The first kappa shape index (κ1) is 13.8. The molecule has 0 aliphatic carbocycles. The molecule has 3 aromatic rings. The minimum atomic E-state index is -3.76. The van der Waals surface area contributed by atoms with Crippen LogP contribution >= 0.6 is 11.6 Å². The molecule has 0 unspecified atom stereocenters.